The Kier molecular flexibility index (Phi) is 4.27. The van der Waals surface area contributed by atoms with Crippen molar-refractivity contribution in [2.45, 2.75) is 32.0 Å². The van der Waals surface area contributed by atoms with Crippen LogP contribution in [0, 0.1) is 6.92 Å². The molecule has 0 saturated carbocycles. The van der Waals surface area contributed by atoms with Crippen LogP contribution in [0.1, 0.15) is 29.4 Å². The molecule has 0 spiro atoms. The topological polar surface area (TPSA) is 58.1 Å². The lowest BCUT2D eigenvalue weighted by Gasteiger charge is -2.11. The van der Waals surface area contributed by atoms with Gasteiger partial charge in [0.2, 0.25) is 5.91 Å². The standard InChI is InChI=1S/C17H22N4O/c1-12-8-9-14(21(12)2)11-18-17(22)16-10-15(19-20-16)13-6-4-3-5-7-13/h3-9,15-16,19-20H,10-11H2,1-2H3,(H,18,22). The van der Waals surface area contributed by atoms with Gasteiger partial charge in [0.1, 0.15) is 6.04 Å². The largest absolute Gasteiger partial charge is 0.350 e. The zero-order valence-electron chi connectivity index (χ0n) is 13.0. The van der Waals surface area contributed by atoms with Crippen molar-refractivity contribution in [2.24, 2.45) is 7.05 Å². The van der Waals surface area contributed by atoms with Crippen molar-refractivity contribution in [2.75, 3.05) is 0 Å². The second-order valence-corrected chi connectivity index (χ2v) is 5.78. The van der Waals surface area contributed by atoms with E-state index in [1.807, 2.05) is 31.3 Å². The van der Waals surface area contributed by atoms with Crippen molar-refractivity contribution in [1.82, 2.24) is 20.7 Å². The van der Waals surface area contributed by atoms with Gasteiger partial charge in [-0.05, 0) is 31.0 Å². The SMILES string of the molecule is Cc1ccc(CNC(=O)C2CC(c3ccccc3)NN2)n1C. The van der Waals surface area contributed by atoms with Crippen LogP contribution >= 0.6 is 0 Å². The summed E-state index contributed by atoms with van der Waals surface area (Å²) in [5.74, 6) is 0.0322. The van der Waals surface area contributed by atoms with E-state index in [1.54, 1.807) is 0 Å². The van der Waals surface area contributed by atoms with Crippen LogP contribution in [0.2, 0.25) is 0 Å². The molecule has 0 radical (unpaired) electrons. The van der Waals surface area contributed by atoms with Crippen LogP contribution in [0.15, 0.2) is 42.5 Å². The molecule has 2 aromatic rings. The highest BCUT2D eigenvalue weighted by Gasteiger charge is 2.29. The van der Waals surface area contributed by atoms with E-state index < -0.39 is 0 Å². The molecule has 1 aromatic heterocycles. The predicted molar refractivity (Wildman–Crippen MR) is 85.9 cm³/mol. The Hall–Kier alpha value is -2.11. The van der Waals surface area contributed by atoms with Crippen LogP contribution in [-0.4, -0.2) is 16.5 Å². The number of carbonyl (C=O) groups is 1. The molecule has 2 atom stereocenters. The molecule has 0 bridgehead atoms. The van der Waals surface area contributed by atoms with Gasteiger partial charge in [0.25, 0.3) is 0 Å². The van der Waals surface area contributed by atoms with Gasteiger partial charge in [0.05, 0.1) is 6.54 Å². The number of hydrazine groups is 1. The number of hydrogen-bond donors (Lipinski definition) is 3. The molecule has 2 heterocycles. The Morgan fingerprint density at radius 1 is 1.23 bits per heavy atom. The van der Waals surface area contributed by atoms with E-state index in [1.165, 1.54) is 11.3 Å². The summed E-state index contributed by atoms with van der Waals surface area (Å²) in [6.07, 6.45) is 0.752. The summed E-state index contributed by atoms with van der Waals surface area (Å²) in [7, 11) is 2.01. The number of carbonyl (C=O) groups excluding carboxylic acids is 1. The lowest BCUT2D eigenvalue weighted by molar-refractivity contribution is -0.123. The number of rotatable bonds is 4. The number of nitrogens with one attached hydrogen (secondary N) is 3. The quantitative estimate of drug-likeness (QED) is 0.803. The first kappa shape index (κ1) is 14.8. The van der Waals surface area contributed by atoms with E-state index in [2.05, 4.69) is 45.9 Å². The third kappa shape index (κ3) is 3.05. The number of benzene rings is 1. The normalized spacial score (nSPS) is 21.0. The van der Waals surface area contributed by atoms with Gasteiger partial charge < -0.3 is 9.88 Å². The predicted octanol–water partition coefficient (Wildman–Crippen LogP) is 1.56. The highest BCUT2D eigenvalue weighted by molar-refractivity contribution is 5.82. The maximum Gasteiger partial charge on any atom is 0.238 e. The molecular formula is C17H22N4O. The average Bonchev–Trinajstić information content (AvgIpc) is 3.15. The molecule has 1 saturated heterocycles. The fourth-order valence-corrected chi connectivity index (χ4v) is 2.78. The Bertz CT molecular complexity index is 650. The molecule has 0 aliphatic carbocycles. The molecule has 5 nitrogen and oxygen atoms in total. The van der Waals surface area contributed by atoms with Gasteiger partial charge in [-0.3, -0.25) is 4.79 Å². The summed E-state index contributed by atoms with van der Waals surface area (Å²) in [6.45, 7) is 2.61. The Labute approximate surface area is 130 Å². The van der Waals surface area contributed by atoms with Gasteiger partial charge in [-0.25, -0.2) is 10.9 Å². The van der Waals surface area contributed by atoms with E-state index in [0.29, 0.717) is 6.54 Å². The molecule has 5 heteroatoms. The third-order valence-electron chi connectivity index (χ3n) is 4.34. The molecule has 3 rings (SSSR count). The van der Waals surface area contributed by atoms with E-state index in [0.717, 1.165) is 12.1 Å². The molecule has 1 amide bonds. The first-order valence-electron chi connectivity index (χ1n) is 7.60. The first-order valence-corrected chi connectivity index (χ1v) is 7.60. The Balaban J connectivity index is 1.54. The molecule has 1 aliphatic heterocycles. The summed E-state index contributed by atoms with van der Waals surface area (Å²) in [5, 5.41) is 3.00. The minimum absolute atomic E-state index is 0.0322. The monoisotopic (exact) mass is 298 g/mol. The highest BCUT2D eigenvalue weighted by Crippen LogP contribution is 2.21. The van der Waals surface area contributed by atoms with Crippen LogP contribution in [0.5, 0.6) is 0 Å². The molecule has 116 valence electrons. The van der Waals surface area contributed by atoms with Gasteiger partial charge >= 0.3 is 0 Å². The minimum Gasteiger partial charge on any atom is -0.350 e. The fourth-order valence-electron chi connectivity index (χ4n) is 2.78. The smallest absolute Gasteiger partial charge is 0.238 e. The van der Waals surface area contributed by atoms with Crippen LogP contribution in [-0.2, 0) is 18.4 Å². The summed E-state index contributed by atoms with van der Waals surface area (Å²) in [6, 6.07) is 14.3. The first-order chi connectivity index (χ1) is 10.6. The van der Waals surface area contributed by atoms with Crippen molar-refractivity contribution in [3.63, 3.8) is 0 Å². The number of hydrogen-bond acceptors (Lipinski definition) is 3. The second kappa shape index (κ2) is 6.34. The zero-order chi connectivity index (χ0) is 15.5. The highest BCUT2D eigenvalue weighted by atomic mass is 16.2. The molecule has 2 unspecified atom stereocenters. The molecule has 3 N–H and O–H groups in total. The summed E-state index contributed by atoms with van der Waals surface area (Å²) < 4.78 is 2.09. The van der Waals surface area contributed by atoms with Crippen LogP contribution in [0.4, 0.5) is 0 Å². The maximum absolute atomic E-state index is 12.3. The van der Waals surface area contributed by atoms with Crippen molar-refractivity contribution in [1.29, 1.82) is 0 Å². The number of amides is 1. The van der Waals surface area contributed by atoms with E-state index >= 15 is 0 Å². The minimum atomic E-state index is -0.202. The van der Waals surface area contributed by atoms with Gasteiger partial charge in [-0.15, -0.1) is 0 Å². The lowest BCUT2D eigenvalue weighted by Crippen LogP contribution is -2.43. The van der Waals surface area contributed by atoms with Gasteiger partial charge in [-0.2, -0.15) is 0 Å². The number of aryl methyl sites for hydroxylation is 1. The van der Waals surface area contributed by atoms with Crippen LogP contribution in [0.25, 0.3) is 0 Å². The van der Waals surface area contributed by atoms with Crippen molar-refractivity contribution in [3.05, 3.63) is 59.4 Å². The molecule has 1 aliphatic rings. The zero-order valence-corrected chi connectivity index (χ0v) is 13.0. The van der Waals surface area contributed by atoms with E-state index in [4.69, 9.17) is 0 Å². The lowest BCUT2D eigenvalue weighted by atomic mass is 10.0. The summed E-state index contributed by atoms with van der Waals surface area (Å²) in [4.78, 5) is 12.3. The summed E-state index contributed by atoms with van der Waals surface area (Å²) in [5.41, 5.74) is 9.79. The van der Waals surface area contributed by atoms with Crippen LogP contribution in [0.3, 0.4) is 0 Å². The van der Waals surface area contributed by atoms with E-state index in [-0.39, 0.29) is 18.0 Å². The number of nitrogens with zero attached hydrogens (tertiary/aromatic N) is 1. The third-order valence-corrected chi connectivity index (χ3v) is 4.34. The fraction of sp³-hybridized carbons (Fsp3) is 0.353. The average molecular weight is 298 g/mol. The van der Waals surface area contributed by atoms with Crippen molar-refractivity contribution < 1.29 is 4.79 Å². The molecule has 1 fully saturated rings. The second-order valence-electron chi connectivity index (χ2n) is 5.78. The van der Waals surface area contributed by atoms with Gasteiger partial charge in [0, 0.05) is 24.5 Å². The maximum atomic E-state index is 12.3. The number of aromatic nitrogens is 1. The van der Waals surface area contributed by atoms with E-state index in [9.17, 15) is 4.79 Å². The van der Waals surface area contributed by atoms with Crippen LogP contribution < -0.4 is 16.2 Å². The molecule has 1 aromatic carbocycles. The Morgan fingerprint density at radius 2 is 2.00 bits per heavy atom. The molecule has 22 heavy (non-hydrogen) atoms. The Morgan fingerprint density at radius 3 is 2.68 bits per heavy atom. The molecular weight excluding hydrogens is 276 g/mol. The van der Waals surface area contributed by atoms with Crippen molar-refractivity contribution >= 4 is 5.91 Å². The van der Waals surface area contributed by atoms with Crippen molar-refractivity contribution in [3.8, 4) is 0 Å². The van der Waals surface area contributed by atoms with Gasteiger partial charge in [0.15, 0.2) is 0 Å². The van der Waals surface area contributed by atoms with Gasteiger partial charge in [-0.1, -0.05) is 30.3 Å². The summed E-state index contributed by atoms with van der Waals surface area (Å²) >= 11 is 0.